The fourth-order valence-electron chi connectivity index (χ4n) is 2.89. The lowest BCUT2D eigenvalue weighted by Gasteiger charge is -2.33. The number of fused-ring (bicyclic) bond motifs is 1. The highest BCUT2D eigenvalue weighted by Gasteiger charge is 2.36. The number of aliphatic hydroxyl groups is 1. The number of carbonyl (C=O) groups excluding carboxylic acids is 1. The minimum Gasteiger partial charge on any atom is -0.493 e. The monoisotopic (exact) mass is 360 g/mol. The van der Waals surface area contributed by atoms with Crippen LogP contribution in [0.3, 0.4) is 0 Å². The summed E-state index contributed by atoms with van der Waals surface area (Å²) in [6, 6.07) is 10.5. The quantitative estimate of drug-likeness (QED) is 0.436. The van der Waals surface area contributed by atoms with E-state index < -0.39 is 22.6 Å². The van der Waals surface area contributed by atoms with E-state index in [1.807, 2.05) is 0 Å². The average Bonchev–Trinajstić information content (AvgIpc) is 2.57. The third-order valence-corrected chi connectivity index (χ3v) is 4.26. The molecule has 3 rings (SSSR count). The number of benzene rings is 2. The lowest BCUT2D eigenvalue weighted by Crippen LogP contribution is -2.39. The van der Waals surface area contributed by atoms with Crippen LogP contribution in [-0.2, 0) is 4.79 Å². The predicted molar refractivity (Wildman–Crippen MR) is 91.9 cm³/mol. The summed E-state index contributed by atoms with van der Waals surface area (Å²) < 4.78 is 0. The van der Waals surface area contributed by atoms with Gasteiger partial charge in [-0.2, -0.15) is 0 Å². The number of nitro benzene ring substituents is 1. The van der Waals surface area contributed by atoms with Crippen molar-refractivity contribution in [3.05, 3.63) is 80.2 Å². The summed E-state index contributed by atoms with van der Waals surface area (Å²) in [5.41, 5.74) is 6.78. The lowest BCUT2D eigenvalue weighted by atomic mass is 9.81. The lowest BCUT2D eigenvalue weighted by molar-refractivity contribution is -0.384. The normalized spacial score (nSPS) is 16.6. The van der Waals surface area contributed by atoms with Crippen LogP contribution in [0.15, 0.2) is 53.9 Å². The Labute approximate surface area is 147 Å². The van der Waals surface area contributed by atoms with E-state index in [2.05, 4.69) is 0 Å². The largest absolute Gasteiger partial charge is 0.493 e. The van der Waals surface area contributed by atoms with Gasteiger partial charge in [-0.25, -0.2) is 10.9 Å². The molecule has 5 N–H and O–H groups in total. The van der Waals surface area contributed by atoms with Gasteiger partial charge < -0.3 is 10.8 Å². The highest BCUT2D eigenvalue weighted by atomic mass is 35.5. The molecule has 8 nitrogen and oxygen atoms in total. The first-order valence-corrected chi connectivity index (χ1v) is 7.50. The van der Waals surface area contributed by atoms with Crippen molar-refractivity contribution in [3.63, 3.8) is 0 Å². The second kappa shape index (κ2) is 6.08. The number of hydrogen-bond donors (Lipinski definition) is 3. The van der Waals surface area contributed by atoms with Crippen LogP contribution in [0.2, 0.25) is 5.02 Å². The van der Waals surface area contributed by atoms with Crippen LogP contribution in [-0.4, -0.2) is 15.9 Å². The second-order valence-corrected chi connectivity index (χ2v) is 5.89. The van der Waals surface area contributed by atoms with E-state index in [0.717, 1.165) is 5.01 Å². The topological polar surface area (TPSA) is 136 Å². The molecule has 2 aromatic carbocycles. The zero-order valence-corrected chi connectivity index (χ0v) is 13.5. The molecule has 128 valence electrons. The van der Waals surface area contributed by atoms with Gasteiger partial charge in [0.1, 0.15) is 0 Å². The van der Waals surface area contributed by atoms with Crippen LogP contribution in [0, 0.1) is 10.1 Å². The first-order valence-electron chi connectivity index (χ1n) is 7.12. The fraction of sp³-hybridized carbons (Fsp3) is 0.0625. The minimum atomic E-state index is -0.850. The van der Waals surface area contributed by atoms with E-state index in [1.165, 1.54) is 24.3 Å². The van der Waals surface area contributed by atoms with Crippen molar-refractivity contribution in [3.8, 4) is 0 Å². The summed E-state index contributed by atoms with van der Waals surface area (Å²) in [6.07, 6.45) is 0. The van der Waals surface area contributed by atoms with Crippen molar-refractivity contribution >= 4 is 28.9 Å². The van der Waals surface area contributed by atoms with E-state index in [9.17, 15) is 20.0 Å². The van der Waals surface area contributed by atoms with Gasteiger partial charge in [-0.3, -0.25) is 14.9 Å². The molecule has 1 aliphatic rings. The maximum atomic E-state index is 11.9. The van der Waals surface area contributed by atoms with Gasteiger partial charge in [-0.1, -0.05) is 29.8 Å². The molecule has 0 radical (unpaired) electrons. The maximum Gasteiger partial charge on any atom is 0.269 e. The van der Waals surface area contributed by atoms with E-state index in [4.69, 9.17) is 23.2 Å². The summed E-state index contributed by atoms with van der Waals surface area (Å²) in [5, 5.41) is 22.5. The number of carbonyl (C=O) groups is 1. The number of hydrogen-bond acceptors (Lipinski definition) is 6. The molecule has 1 aliphatic heterocycles. The molecule has 1 amide bonds. The molecule has 0 saturated heterocycles. The number of non-ortho nitro benzene ring substituents is 1. The molecule has 0 spiro atoms. The van der Waals surface area contributed by atoms with Crippen LogP contribution >= 0.6 is 11.6 Å². The number of rotatable bonds is 3. The smallest absolute Gasteiger partial charge is 0.269 e. The van der Waals surface area contributed by atoms with Crippen molar-refractivity contribution in [1.82, 2.24) is 0 Å². The number of nitro groups is 1. The predicted octanol–water partition coefficient (Wildman–Crippen LogP) is 2.33. The Bertz CT molecular complexity index is 911. The first-order chi connectivity index (χ1) is 11.8. The Morgan fingerprint density at radius 1 is 1.24 bits per heavy atom. The summed E-state index contributed by atoms with van der Waals surface area (Å²) in [4.78, 5) is 22.2. The molecule has 0 bridgehead atoms. The fourth-order valence-corrected chi connectivity index (χ4v) is 3.05. The molecule has 0 fully saturated rings. The van der Waals surface area contributed by atoms with Crippen LogP contribution in [0.5, 0.6) is 0 Å². The zero-order valence-electron chi connectivity index (χ0n) is 12.7. The highest BCUT2D eigenvalue weighted by Crippen LogP contribution is 2.44. The van der Waals surface area contributed by atoms with Crippen molar-refractivity contribution in [2.75, 3.05) is 5.01 Å². The van der Waals surface area contributed by atoms with Crippen LogP contribution in [0.4, 0.5) is 11.4 Å². The van der Waals surface area contributed by atoms with E-state index in [1.54, 1.807) is 18.2 Å². The number of primary amides is 1. The molecular weight excluding hydrogens is 348 g/mol. The molecule has 1 heterocycles. The molecule has 9 heteroatoms. The SMILES string of the molecule is NC(=O)C1=C(O)N(N)c2cc(Cl)ccc2C1c1ccc([N+](=O)[O-])cc1. The molecule has 0 aromatic heterocycles. The maximum absolute atomic E-state index is 11.9. The van der Waals surface area contributed by atoms with E-state index in [-0.39, 0.29) is 11.3 Å². The third-order valence-electron chi connectivity index (χ3n) is 4.02. The van der Waals surface area contributed by atoms with Crippen molar-refractivity contribution in [2.45, 2.75) is 5.92 Å². The van der Waals surface area contributed by atoms with Crippen LogP contribution in [0.25, 0.3) is 0 Å². The Morgan fingerprint density at radius 2 is 1.88 bits per heavy atom. The summed E-state index contributed by atoms with van der Waals surface area (Å²) >= 11 is 5.99. The van der Waals surface area contributed by atoms with Gasteiger partial charge in [-0.05, 0) is 23.3 Å². The van der Waals surface area contributed by atoms with Gasteiger partial charge in [-0.15, -0.1) is 0 Å². The van der Waals surface area contributed by atoms with Crippen LogP contribution < -0.4 is 16.6 Å². The number of anilines is 1. The molecule has 0 aliphatic carbocycles. The summed E-state index contributed by atoms with van der Waals surface area (Å²) in [7, 11) is 0. The number of aliphatic hydroxyl groups excluding tert-OH is 1. The van der Waals surface area contributed by atoms with Crippen molar-refractivity contribution in [2.24, 2.45) is 11.6 Å². The van der Waals surface area contributed by atoms with Gasteiger partial charge >= 0.3 is 0 Å². The first kappa shape index (κ1) is 16.7. The van der Waals surface area contributed by atoms with Crippen molar-refractivity contribution < 1.29 is 14.8 Å². The summed E-state index contributed by atoms with van der Waals surface area (Å²) in [6.45, 7) is 0. The van der Waals surface area contributed by atoms with Gasteiger partial charge in [0.2, 0.25) is 5.88 Å². The highest BCUT2D eigenvalue weighted by molar-refractivity contribution is 6.31. The van der Waals surface area contributed by atoms with E-state index in [0.29, 0.717) is 21.8 Å². The van der Waals surface area contributed by atoms with E-state index >= 15 is 0 Å². The number of nitrogens with two attached hydrogens (primary N) is 2. The Hall–Kier alpha value is -3.10. The second-order valence-electron chi connectivity index (χ2n) is 5.46. The van der Waals surface area contributed by atoms with Crippen LogP contribution in [0.1, 0.15) is 17.0 Å². The zero-order chi connectivity index (χ0) is 18.3. The molecular formula is C16H13ClN4O4. The number of amides is 1. The standard InChI is InChI=1S/C16H13ClN4O4/c17-9-3-6-11-12(7-9)20(19)16(23)14(15(18)22)13(11)8-1-4-10(5-2-8)21(24)25/h1-7,13,23H,19H2,(H2,18,22). The minimum absolute atomic E-state index is 0.0924. The number of halogens is 1. The number of hydrazine groups is 1. The molecule has 25 heavy (non-hydrogen) atoms. The average molecular weight is 361 g/mol. The van der Waals surface area contributed by atoms with Gasteiger partial charge in [0.25, 0.3) is 11.6 Å². The Balaban J connectivity index is 2.23. The molecule has 1 unspecified atom stereocenters. The van der Waals surface area contributed by atoms with Crippen molar-refractivity contribution in [1.29, 1.82) is 0 Å². The Morgan fingerprint density at radius 3 is 2.44 bits per heavy atom. The summed E-state index contributed by atoms with van der Waals surface area (Å²) in [5.74, 6) is 3.78. The molecule has 0 saturated carbocycles. The molecule has 2 aromatic rings. The molecule has 1 atom stereocenters. The Kier molecular flexibility index (Phi) is 4.07. The third kappa shape index (κ3) is 2.77. The number of nitrogens with zero attached hydrogens (tertiary/aromatic N) is 2. The van der Waals surface area contributed by atoms with Gasteiger partial charge in [0, 0.05) is 23.1 Å². The van der Waals surface area contributed by atoms with Gasteiger partial charge in [0.05, 0.1) is 16.2 Å². The van der Waals surface area contributed by atoms with Gasteiger partial charge in [0.15, 0.2) is 0 Å².